The summed E-state index contributed by atoms with van der Waals surface area (Å²) in [4.78, 5) is 2.48. The van der Waals surface area contributed by atoms with Crippen LogP contribution in [0.5, 0.6) is 0 Å². The monoisotopic (exact) mass is 315 g/mol. The van der Waals surface area contributed by atoms with Crippen molar-refractivity contribution in [3.05, 3.63) is 11.4 Å². The molecule has 1 aromatic rings. The molecular weight excluding hydrogens is 290 g/mol. The molecule has 0 aromatic carbocycles. The number of nitrogens with zero attached hydrogens (tertiary/aromatic N) is 3. The van der Waals surface area contributed by atoms with Gasteiger partial charge in [0.05, 0.1) is 17.9 Å². The third-order valence-electron chi connectivity index (χ3n) is 4.11. The van der Waals surface area contributed by atoms with E-state index < -0.39 is 10.0 Å². The molecule has 0 spiro atoms. The van der Waals surface area contributed by atoms with Crippen LogP contribution in [-0.4, -0.2) is 55.8 Å². The quantitative estimate of drug-likeness (QED) is 0.760. The lowest BCUT2D eigenvalue weighted by Crippen LogP contribution is -2.38. The average Bonchev–Trinajstić information content (AvgIpc) is 2.92. The highest BCUT2D eigenvalue weighted by Crippen LogP contribution is 2.20. The van der Waals surface area contributed by atoms with Crippen LogP contribution in [0.2, 0.25) is 0 Å². The van der Waals surface area contributed by atoms with E-state index in [9.17, 15) is 8.42 Å². The van der Waals surface area contributed by atoms with Gasteiger partial charge in [0.25, 0.3) is 0 Å². The number of hydrogen-bond donors (Lipinski definition) is 2. The normalized spacial score (nSPS) is 20.3. The van der Waals surface area contributed by atoms with E-state index in [0.29, 0.717) is 31.0 Å². The van der Waals surface area contributed by atoms with Gasteiger partial charge < -0.3 is 10.6 Å². The van der Waals surface area contributed by atoms with Crippen LogP contribution < -0.4 is 10.5 Å². The number of sulfonamides is 1. The topological polar surface area (TPSA) is 93.2 Å². The molecule has 1 unspecified atom stereocenters. The van der Waals surface area contributed by atoms with E-state index in [2.05, 4.69) is 14.7 Å². The van der Waals surface area contributed by atoms with Crippen molar-refractivity contribution in [2.45, 2.75) is 44.2 Å². The van der Waals surface area contributed by atoms with E-state index in [1.54, 1.807) is 18.5 Å². The molecule has 0 radical (unpaired) electrons. The molecule has 1 aromatic heterocycles. The maximum atomic E-state index is 12.5. The van der Waals surface area contributed by atoms with E-state index in [4.69, 9.17) is 5.73 Å². The maximum Gasteiger partial charge on any atom is 0.244 e. The minimum atomic E-state index is -3.53. The van der Waals surface area contributed by atoms with Crippen molar-refractivity contribution >= 4 is 10.0 Å². The van der Waals surface area contributed by atoms with Crippen molar-refractivity contribution in [2.24, 2.45) is 5.73 Å². The molecular formula is C13H25N5O2S. The second-order valence-electron chi connectivity index (χ2n) is 5.64. The minimum Gasteiger partial charge on any atom is -0.329 e. The largest absolute Gasteiger partial charge is 0.329 e. The zero-order chi connectivity index (χ0) is 15.6. The van der Waals surface area contributed by atoms with Crippen molar-refractivity contribution < 1.29 is 8.42 Å². The highest BCUT2D eigenvalue weighted by Gasteiger charge is 2.27. The fourth-order valence-corrected chi connectivity index (χ4v) is 4.40. The van der Waals surface area contributed by atoms with Gasteiger partial charge in [-0.1, -0.05) is 0 Å². The standard InChI is InChI=1S/C13H25N5O2S/c1-10-13(11(2)18(16-10)8-6-14)21(19,20)15-9-12-5-4-7-17(12)3/h12,15H,4-9,14H2,1-3H3. The Morgan fingerprint density at radius 3 is 2.71 bits per heavy atom. The third-order valence-corrected chi connectivity index (χ3v) is 5.78. The number of aromatic nitrogens is 2. The molecule has 1 fully saturated rings. The Balaban J connectivity index is 2.15. The van der Waals surface area contributed by atoms with E-state index in [-0.39, 0.29) is 10.9 Å². The van der Waals surface area contributed by atoms with Crippen LogP contribution in [0.3, 0.4) is 0 Å². The molecule has 0 bridgehead atoms. The summed E-state index contributed by atoms with van der Waals surface area (Å²) in [6, 6.07) is 0.277. The smallest absolute Gasteiger partial charge is 0.244 e. The summed E-state index contributed by atoms with van der Waals surface area (Å²) < 4.78 is 29.5. The molecule has 1 atom stereocenters. The van der Waals surface area contributed by atoms with Gasteiger partial charge >= 0.3 is 0 Å². The van der Waals surface area contributed by atoms with Crippen molar-refractivity contribution in [3.8, 4) is 0 Å². The first-order chi connectivity index (χ1) is 9.86. The van der Waals surface area contributed by atoms with Gasteiger partial charge in [-0.15, -0.1) is 0 Å². The van der Waals surface area contributed by atoms with Crippen molar-refractivity contribution in [2.75, 3.05) is 26.7 Å². The molecule has 0 amide bonds. The third kappa shape index (κ3) is 3.45. The number of likely N-dealkylation sites (tertiary alicyclic amines) is 1. The van der Waals surface area contributed by atoms with Gasteiger partial charge in [0, 0.05) is 19.1 Å². The number of aryl methyl sites for hydroxylation is 1. The van der Waals surface area contributed by atoms with E-state index in [0.717, 1.165) is 19.4 Å². The molecule has 1 aliphatic heterocycles. The summed E-state index contributed by atoms with van der Waals surface area (Å²) in [7, 11) is -1.50. The summed E-state index contributed by atoms with van der Waals surface area (Å²) >= 11 is 0. The number of rotatable bonds is 6. The van der Waals surface area contributed by atoms with Crippen LogP contribution in [0, 0.1) is 13.8 Å². The van der Waals surface area contributed by atoms with Gasteiger partial charge in [-0.25, -0.2) is 13.1 Å². The summed E-state index contributed by atoms with van der Waals surface area (Å²) in [5, 5.41) is 4.27. The van der Waals surface area contributed by atoms with Gasteiger partial charge in [0.15, 0.2) is 0 Å². The Bertz CT molecular complexity index is 596. The van der Waals surface area contributed by atoms with Gasteiger partial charge in [-0.05, 0) is 40.3 Å². The lowest BCUT2D eigenvalue weighted by Gasteiger charge is -2.19. The van der Waals surface area contributed by atoms with Crippen molar-refractivity contribution in [1.82, 2.24) is 19.4 Å². The first kappa shape index (κ1) is 16.4. The highest BCUT2D eigenvalue weighted by molar-refractivity contribution is 7.89. The molecule has 8 heteroatoms. The Labute approximate surface area is 126 Å². The average molecular weight is 315 g/mol. The minimum absolute atomic E-state index is 0.277. The van der Waals surface area contributed by atoms with Crippen LogP contribution in [0.15, 0.2) is 4.90 Å². The van der Waals surface area contributed by atoms with Crippen LogP contribution in [0.25, 0.3) is 0 Å². The fraction of sp³-hybridized carbons (Fsp3) is 0.769. The molecule has 0 aliphatic carbocycles. The highest BCUT2D eigenvalue weighted by atomic mass is 32.2. The molecule has 21 heavy (non-hydrogen) atoms. The van der Waals surface area contributed by atoms with Gasteiger partial charge in [-0.2, -0.15) is 5.10 Å². The maximum absolute atomic E-state index is 12.5. The van der Waals surface area contributed by atoms with E-state index in [1.165, 1.54) is 0 Å². The lowest BCUT2D eigenvalue weighted by atomic mass is 10.2. The Kier molecular flexibility index (Phi) is 5.03. The van der Waals surface area contributed by atoms with Gasteiger partial charge in [0.1, 0.15) is 4.90 Å². The first-order valence-corrected chi connectivity index (χ1v) is 8.79. The second kappa shape index (κ2) is 6.43. The molecule has 1 aliphatic rings. The molecule has 7 nitrogen and oxygen atoms in total. The Morgan fingerprint density at radius 1 is 1.43 bits per heavy atom. The number of nitrogens with two attached hydrogens (primary N) is 1. The van der Waals surface area contributed by atoms with Crippen LogP contribution >= 0.6 is 0 Å². The van der Waals surface area contributed by atoms with Crippen molar-refractivity contribution in [1.29, 1.82) is 0 Å². The predicted molar refractivity (Wildman–Crippen MR) is 81.6 cm³/mol. The van der Waals surface area contributed by atoms with Gasteiger partial charge in [0.2, 0.25) is 10.0 Å². The first-order valence-electron chi connectivity index (χ1n) is 7.30. The molecule has 120 valence electrons. The van der Waals surface area contributed by atoms with E-state index >= 15 is 0 Å². The Morgan fingerprint density at radius 2 is 2.14 bits per heavy atom. The molecule has 0 saturated carbocycles. The number of hydrogen-bond acceptors (Lipinski definition) is 5. The van der Waals surface area contributed by atoms with Gasteiger partial charge in [-0.3, -0.25) is 4.68 Å². The molecule has 2 rings (SSSR count). The zero-order valence-electron chi connectivity index (χ0n) is 13.0. The summed E-state index contributed by atoms with van der Waals surface area (Å²) in [6.07, 6.45) is 2.15. The van der Waals surface area contributed by atoms with Crippen LogP contribution in [0.4, 0.5) is 0 Å². The molecule has 3 N–H and O–H groups in total. The molecule has 2 heterocycles. The summed E-state index contributed by atoms with van der Waals surface area (Å²) in [5.41, 5.74) is 6.69. The lowest BCUT2D eigenvalue weighted by molar-refractivity contribution is 0.311. The number of nitrogens with one attached hydrogen (secondary N) is 1. The molecule has 1 saturated heterocycles. The van der Waals surface area contributed by atoms with Crippen LogP contribution in [-0.2, 0) is 16.6 Å². The Hall–Kier alpha value is -0.960. The zero-order valence-corrected chi connectivity index (χ0v) is 13.8. The summed E-state index contributed by atoms with van der Waals surface area (Å²) in [6.45, 7) is 5.91. The predicted octanol–water partition coefficient (Wildman–Crippen LogP) is -0.169. The van der Waals surface area contributed by atoms with E-state index in [1.807, 2.05) is 7.05 Å². The second-order valence-corrected chi connectivity index (χ2v) is 7.34. The summed E-state index contributed by atoms with van der Waals surface area (Å²) in [5.74, 6) is 0. The van der Waals surface area contributed by atoms with Crippen LogP contribution in [0.1, 0.15) is 24.2 Å². The SMILES string of the molecule is Cc1nn(CCN)c(C)c1S(=O)(=O)NCC1CCCN1C. The number of likely N-dealkylation sites (N-methyl/N-ethyl adjacent to an activating group) is 1. The van der Waals surface area contributed by atoms with Crippen molar-refractivity contribution in [3.63, 3.8) is 0 Å². The fourth-order valence-electron chi connectivity index (χ4n) is 2.92.